The molecule has 0 N–H and O–H groups in total. The summed E-state index contributed by atoms with van der Waals surface area (Å²) in [6, 6.07) is 56.8. The van der Waals surface area contributed by atoms with Gasteiger partial charge in [0.1, 0.15) is 11.2 Å². The van der Waals surface area contributed by atoms with Crippen LogP contribution in [-0.2, 0) is 0 Å². The zero-order valence-electron chi connectivity index (χ0n) is 26.3. The van der Waals surface area contributed by atoms with Crippen LogP contribution in [0.1, 0.15) is 0 Å². The number of aromatic nitrogens is 3. The third kappa shape index (κ3) is 4.49. The summed E-state index contributed by atoms with van der Waals surface area (Å²) in [6.07, 6.45) is 0. The SMILES string of the molecule is c1ccc(-c2nc(-c3ccccc3)nc(-c3cccc(-c4cc5ccc6ccccc6c5c5oc6c7ccccc7ccc6c45)c3)n2)cc1. The second-order valence-corrected chi connectivity index (χ2v) is 12.4. The molecule has 0 unspecified atom stereocenters. The number of benzene rings is 8. The lowest BCUT2D eigenvalue weighted by atomic mass is 9.92. The summed E-state index contributed by atoms with van der Waals surface area (Å²) in [5.74, 6) is 1.91. The first-order valence-electron chi connectivity index (χ1n) is 16.4. The van der Waals surface area contributed by atoms with Crippen LogP contribution in [0.2, 0.25) is 0 Å². The first-order valence-corrected chi connectivity index (χ1v) is 16.4. The minimum absolute atomic E-state index is 0.626. The second-order valence-electron chi connectivity index (χ2n) is 12.4. The molecule has 2 heterocycles. The minimum atomic E-state index is 0.626. The highest BCUT2D eigenvalue weighted by Gasteiger charge is 2.20. The first kappa shape index (κ1) is 27.5. The van der Waals surface area contributed by atoms with Crippen LogP contribution >= 0.6 is 0 Å². The van der Waals surface area contributed by atoms with Gasteiger partial charge in [0, 0.05) is 38.2 Å². The van der Waals surface area contributed by atoms with Crippen LogP contribution in [0.15, 0.2) is 168 Å². The highest BCUT2D eigenvalue weighted by atomic mass is 16.3. The molecule has 0 aliphatic carbocycles. The predicted octanol–water partition coefficient (Wildman–Crippen LogP) is 11.9. The maximum atomic E-state index is 6.96. The minimum Gasteiger partial charge on any atom is -0.455 e. The summed E-state index contributed by atoms with van der Waals surface area (Å²) in [4.78, 5) is 14.9. The van der Waals surface area contributed by atoms with E-state index in [2.05, 4.69) is 103 Å². The summed E-state index contributed by atoms with van der Waals surface area (Å²) in [7, 11) is 0. The second kappa shape index (κ2) is 11.0. The molecule has 0 amide bonds. The average molecular weight is 626 g/mol. The van der Waals surface area contributed by atoms with E-state index in [0.29, 0.717) is 17.5 Å². The average Bonchev–Trinajstić information content (AvgIpc) is 3.58. The van der Waals surface area contributed by atoms with Crippen LogP contribution in [0, 0.1) is 0 Å². The van der Waals surface area contributed by atoms with Crippen molar-refractivity contribution in [1.29, 1.82) is 0 Å². The Bertz CT molecular complexity index is 2820. The molecule has 8 aromatic carbocycles. The molecular formula is C45H27N3O. The lowest BCUT2D eigenvalue weighted by molar-refractivity contribution is 0.677. The molecule has 0 spiro atoms. The molecule has 10 rings (SSSR count). The first-order chi connectivity index (χ1) is 24.3. The predicted molar refractivity (Wildman–Crippen MR) is 201 cm³/mol. The van der Waals surface area contributed by atoms with Crippen molar-refractivity contribution in [2.24, 2.45) is 0 Å². The molecule has 0 fully saturated rings. The van der Waals surface area contributed by atoms with Gasteiger partial charge < -0.3 is 4.42 Å². The molecule has 228 valence electrons. The summed E-state index contributed by atoms with van der Waals surface area (Å²) in [5.41, 5.74) is 6.78. The molecule has 0 aliphatic heterocycles. The quantitative estimate of drug-likeness (QED) is 0.183. The topological polar surface area (TPSA) is 51.8 Å². The zero-order chi connectivity index (χ0) is 32.3. The van der Waals surface area contributed by atoms with Crippen molar-refractivity contribution in [3.8, 4) is 45.3 Å². The van der Waals surface area contributed by atoms with Crippen LogP contribution in [-0.4, -0.2) is 15.0 Å². The van der Waals surface area contributed by atoms with Gasteiger partial charge in [0.05, 0.1) is 0 Å². The van der Waals surface area contributed by atoms with Crippen molar-refractivity contribution in [1.82, 2.24) is 15.0 Å². The van der Waals surface area contributed by atoms with Crippen LogP contribution in [0.4, 0.5) is 0 Å². The lowest BCUT2D eigenvalue weighted by Crippen LogP contribution is -2.00. The van der Waals surface area contributed by atoms with Crippen molar-refractivity contribution >= 4 is 54.3 Å². The Kier molecular flexibility index (Phi) is 6.15. The maximum absolute atomic E-state index is 6.96. The van der Waals surface area contributed by atoms with Gasteiger partial charge in [-0.05, 0) is 50.9 Å². The summed E-state index contributed by atoms with van der Waals surface area (Å²) in [6.45, 7) is 0. The largest absolute Gasteiger partial charge is 0.455 e. The summed E-state index contributed by atoms with van der Waals surface area (Å²) >= 11 is 0. The molecule has 0 saturated heterocycles. The maximum Gasteiger partial charge on any atom is 0.164 e. The van der Waals surface area contributed by atoms with E-state index in [-0.39, 0.29) is 0 Å². The van der Waals surface area contributed by atoms with E-state index in [1.807, 2.05) is 60.7 Å². The fourth-order valence-electron chi connectivity index (χ4n) is 7.15. The fraction of sp³-hybridized carbons (Fsp3) is 0. The van der Waals surface area contributed by atoms with Crippen LogP contribution in [0.3, 0.4) is 0 Å². The Morgan fingerprint density at radius 1 is 0.327 bits per heavy atom. The van der Waals surface area contributed by atoms with Crippen LogP contribution < -0.4 is 0 Å². The molecule has 0 saturated carbocycles. The third-order valence-corrected chi connectivity index (χ3v) is 9.47. The van der Waals surface area contributed by atoms with Crippen molar-refractivity contribution < 1.29 is 4.42 Å². The van der Waals surface area contributed by atoms with Gasteiger partial charge in [0.25, 0.3) is 0 Å². The number of furan rings is 1. The Hall–Kier alpha value is -6.65. The van der Waals surface area contributed by atoms with Crippen molar-refractivity contribution in [2.45, 2.75) is 0 Å². The lowest BCUT2D eigenvalue weighted by Gasteiger charge is -2.12. The molecule has 0 bridgehead atoms. The molecule has 4 nitrogen and oxygen atoms in total. The van der Waals surface area contributed by atoms with Gasteiger partial charge in [0.2, 0.25) is 0 Å². The standard InChI is InChI=1S/C45H27N3O/c1-3-14-30(15-4-1)43-46-44(31-16-5-2-6-17-31)48-45(47-43)34-19-11-18-32(26-34)38-27-33-23-22-28-12-7-9-20-35(28)39(33)42-40(38)37-25-24-29-13-8-10-21-36(29)41(37)49-42/h1-27H. The molecule has 2 aromatic heterocycles. The van der Waals surface area contributed by atoms with Gasteiger partial charge in [-0.1, -0.05) is 146 Å². The Morgan fingerprint density at radius 2 is 0.857 bits per heavy atom. The van der Waals surface area contributed by atoms with Gasteiger partial charge in [-0.2, -0.15) is 0 Å². The highest BCUT2D eigenvalue weighted by Crippen LogP contribution is 2.45. The van der Waals surface area contributed by atoms with Gasteiger partial charge in [-0.15, -0.1) is 0 Å². The Balaban J connectivity index is 1.25. The third-order valence-electron chi connectivity index (χ3n) is 9.47. The van der Waals surface area contributed by atoms with E-state index in [9.17, 15) is 0 Å². The zero-order valence-corrected chi connectivity index (χ0v) is 26.3. The van der Waals surface area contributed by atoms with Crippen LogP contribution in [0.5, 0.6) is 0 Å². The molecule has 4 heteroatoms. The van der Waals surface area contributed by atoms with Crippen molar-refractivity contribution in [3.05, 3.63) is 164 Å². The van der Waals surface area contributed by atoms with E-state index >= 15 is 0 Å². The number of rotatable bonds is 4. The van der Waals surface area contributed by atoms with Gasteiger partial charge in [-0.25, -0.2) is 15.0 Å². The molecular weight excluding hydrogens is 599 g/mol. The van der Waals surface area contributed by atoms with E-state index < -0.39 is 0 Å². The van der Waals surface area contributed by atoms with Gasteiger partial charge in [-0.3, -0.25) is 0 Å². The van der Waals surface area contributed by atoms with E-state index in [0.717, 1.165) is 71.3 Å². The number of nitrogens with zero attached hydrogens (tertiary/aromatic N) is 3. The highest BCUT2D eigenvalue weighted by molar-refractivity contribution is 6.29. The number of hydrogen-bond acceptors (Lipinski definition) is 4. The van der Waals surface area contributed by atoms with Gasteiger partial charge in [0.15, 0.2) is 17.5 Å². The summed E-state index contributed by atoms with van der Waals surface area (Å²) < 4.78 is 6.96. The normalized spacial score (nSPS) is 11.7. The van der Waals surface area contributed by atoms with E-state index in [1.165, 1.54) is 10.8 Å². The molecule has 49 heavy (non-hydrogen) atoms. The van der Waals surface area contributed by atoms with Crippen molar-refractivity contribution in [2.75, 3.05) is 0 Å². The monoisotopic (exact) mass is 625 g/mol. The smallest absolute Gasteiger partial charge is 0.164 e. The summed E-state index contributed by atoms with van der Waals surface area (Å²) in [5, 5.41) is 9.10. The molecule has 0 aliphatic rings. The van der Waals surface area contributed by atoms with Crippen LogP contribution in [0.25, 0.3) is 99.5 Å². The number of fused-ring (bicyclic) bond motifs is 9. The molecule has 0 radical (unpaired) electrons. The number of hydrogen-bond donors (Lipinski definition) is 0. The molecule has 10 aromatic rings. The Labute approximate surface area is 282 Å². The molecule has 0 atom stereocenters. The van der Waals surface area contributed by atoms with E-state index in [4.69, 9.17) is 19.4 Å². The van der Waals surface area contributed by atoms with Gasteiger partial charge >= 0.3 is 0 Å². The van der Waals surface area contributed by atoms with Crippen molar-refractivity contribution in [3.63, 3.8) is 0 Å². The Morgan fingerprint density at radius 3 is 1.57 bits per heavy atom. The van der Waals surface area contributed by atoms with E-state index in [1.54, 1.807) is 0 Å². The fourth-order valence-corrected chi connectivity index (χ4v) is 7.15.